The summed E-state index contributed by atoms with van der Waals surface area (Å²) in [7, 11) is 1.64. The molecule has 0 aromatic heterocycles. The standard InChI is InChI=1S/C12H25NO2/c1-9-5-6-12(7-9,8-13)11(3,14)10(2)15-4/h9-10,14H,5-8,13H2,1-4H3. The second kappa shape index (κ2) is 4.40. The summed E-state index contributed by atoms with van der Waals surface area (Å²) in [5.74, 6) is 0.657. The SMILES string of the molecule is COC(C)C(C)(O)C1(CN)CCC(C)C1. The fourth-order valence-electron chi connectivity index (χ4n) is 2.91. The van der Waals surface area contributed by atoms with Crippen molar-refractivity contribution < 1.29 is 9.84 Å². The van der Waals surface area contributed by atoms with Gasteiger partial charge in [-0.3, -0.25) is 0 Å². The molecule has 1 aliphatic rings. The molecule has 0 heterocycles. The van der Waals surface area contributed by atoms with Crippen molar-refractivity contribution in [3.8, 4) is 0 Å². The van der Waals surface area contributed by atoms with Gasteiger partial charge in [0, 0.05) is 19.1 Å². The summed E-state index contributed by atoms with van der Waals surface area (Å²) >= 11 is 0. The summed E-state index contributed by atoms with van der Waals surface area (Å²) in [6.07, 6.45) is 2.99. The van der Waals surface area contributed by atoms with E-state index in [2.05, 4.69) is 6.92 Å². The van der Waals surface area contributed by atoms with Crippen molar-refractivity contribution in [3.63, 3.8) is 0 Å². The van der Waals surface area contributed by atoms with Crippen LogP contribution in [-0.2, 0) is 4.74 Å². The van der Waals surface area contributed by atoms with E-state index in [9.17, 15) is 5.11 Å². The first-order valence-corrected chi connectivity index (χ1v) is 5.85. The zero-order chi connectivity index (χ0) is 11.7. The van der Waals surface area contributed by atoms with E-state index in [1.54, 1.807) is 7.11 Å². The zero-order valence-electron chi connectivity index (χ0n) is 10.4. The third-order valence-electron chi connectivity index (χ3n) is 4.46. The molecule has 0 amide bonds. The maximum absolute atomic E-state index is 10.6. The Morgan fingerprint density at radius 1 is 1.67 bits per heavy atom. The first-order chi connectivity index (χ1) is 6.89. The Balaban J connectivity index is 2.90. The largest absolute Gasteiger partial charge is 0.387 e. The molecule has 3 nitrogen and oxygen atoms in total. The van der Waals surface area contributed by atoms with Gasteiger partial charge in [-0.2, -0.15) is 0 Å². The van der Waals surface area contributed by atoms with Gasteiger partial charge in [-0.25, -0.2) is 0 Å². The van der Waals surface area contributed by atoms with Crippen molar-refractivity contribution in [2.45, 2.75) is 51.7 Å². The topological polar surface area (TPSA) is 55.5 Å². The lowest BCUT2D eigenvalue weighted by Crippen LogP contribution is -2.56. The average molecular weight is 215 g/mol. The molecule has 1 fully saturated rings. The van der Waals surface area contributed by atoms with Crippen molar-refractivity contribution in [2.24, 2.45) is 17.1 Å². The van der Waals surface area contributed by atoms with Crippen molar-refractivity contribution in [1.82, 2.24) is 0 Å². The number of hydrogen-bond acceptors (Lipinski definition) is 3. The smallest absolute Gasteiger partial charge is 0.0945 e. The summed E-state index contributed by atoms with van der Waals surface area (Å²) in [5.41, 5.74) is 4.90. The summed E-state index contributed by atoms with van der Waals surface area (Å²) in [6, 6.07) is 0. The summed E-state index contributed by atoms with van der Waals surface area (Å²) < 4.78 is 5.28. The fraction of sp³-hybridized carbons (Fsp3) is 1.00. The Bertz CT molecular complexity index is 218. The Morgan fingerprint density at radius 3 is 2.60 bits per heavy atom. The van der Waals surface area contributed by atoms with E-state index < -0.39 is 5.60 Å². The van der Waals surface area contributed by atoms with Gasteiger partial charge >= 0.3 is 0 Å². The van der Waals surface area contributed by atoms with Crippen LogP contribution in [0.15, 0.2) is 0 Å². The first-order valence-electron chi connectivity index (χ1n) is 5.85. The molecule has 0 bridgehead atoms. The molecule has 1 saturated carbocycles. The van der Waals surface area contributed by atoms with E-state index in [0.717, 1.165) is 19.3 Å². The molecule has 3 N–H and O–H groups in total. The van der Waals surface area contributed by atoms with Gasteiger partial charge in [-0.15, -0.1) is 0 Å². The van der Waals surface area contributed by atoms with Crippen molar-refractivity contribution >= 4 is 0 Å². The molecule has 1 aliphatic carbocycles. The Labute approximate surface area is 93.0 Å². The van der Waals surface area contributed by atoms with Crippen molar-refractivity contribution in [1.29, 1.82) is 0 Å². The highest BCUT2D eigenvalue weighted by molar-refractivity contribution is 5.04. The molecule has 0 radical (unpaired) electrons. The molecule has 1 rings (SSSR count). The molecular weight excluding hydrogens is 190 g/mol. The molecule has 0 saturated heterocycles. The number of rotatable bonds is 4. The summed E-state index contributed by atoms with van der Waals surface area (Å²) in [4.78, 5) is 0. The van der Waals surface area contributed by atoms with E-state index in [4.69, 9.17) is 10.5 Å². The highest BCUT2D eigenvalue weighted by Gasteiger charge is 2.52. The molecular formula is C12H25NO2. The molecule has 90 valence electrons. The van der Waals surface area contributed by atoms with Gasteiger partial charge in [0.25, 0.3) is 0 Å². The van der Waals surface area contributed by atoms with Crippen LogP contribution in [0.25, 0.3) is 0 Å². The van der Waals surface area contributed by atoms with Crippen LogP contribution in [0, 0.1) is 11.3 Å². The third kappa shape index (κ3) is 2.05. The van der Waals surface area contributed by atoms with E-state index >= 15 is 0 Å². The Morgan fingerprint density at radius 2 is 2.27 bits per heavy atom. The predicted octanol–water partition coefficient (Wildman–Crippen LogP) is 1.54. The third-order valence-corrected chi connectivity index (χ3v) is 4.46. The normalized spacial score (nSPS) is 37.6. The van der Waals surface area contributed by atoms with Crippen LogP contribution in [-0.4, -0.2) is 30.5 Å². The van der Waals surface area contributed by atoms with Gasteiger partial charge in [-0.05, 0) is 32.6 Å². The molecule has 0 aromatic carbocycles. The van der Waals surface area contributed by atoms with E-state index in [-0.39, 0.29) is 11.5 Å². The maximum Gasteiger partial charge on any atom is 0.0945 e. The van der Waals surface area contributed by atoms with Crippen LogP contribution in [0.2, 0.25) is 0 Å². The number of methoxy groups -OCH3 is 1. The zero-order valence-corrected chi connectivity index (χ0v) is 10.4. The molecule has 0 spiro atoms. The van der Waals surface area contributed by atoms with E-state index in [1.165, 1.54) is 0 Å². The molecule has 4 atom stereocenters. The van der Waals surface area contributed by atoms with Gasteiger partial charge < -0.3 is 15.6 Å². The molecule has 15 heavy (non-hydrogen) atoms. The molecule has 3 heteroatoms. The number of ether oxygens (including phenoxy) is 1. The quantitative estimate of drug-likeness (QED) is 0.748. The van der Waals surface area contributed by atoms with Gasteiger partial charge in [0.15, 0.2) is 0 Å². The molecule has 0 aromatic rings. The van der Waals surface area contributed by atoms with Crippen LogP contribution in [0.1, 0.15) is 40.0 Å². The summed E-state index contributed by atoms with van der Waals surface area (Å²) in [5, 5.41) is 10.6. The molecule has 0 aliphatic heterocycles. The lowest BCUT2D eigenvalue weighted by molar-refractivity contribution is -0.148. The monoisotopic (exact) mass is 215 g/mol. The summed E-state index contributed by atoms with van der Waals surface area (Å²) in [6.45, 7) is 6.55. The van der Waals surface area contributed by atoms with Gasteiger partial charge in [0.1, 0.15) is 0 Å². The lowest BCUT2D eigenvalue weighted by Gasteiger charge is -2.45. The average Bonchev–Trinajstić information content (AvgIpc) is 2.60. The Kier molecular flexibility index (Phi) is 3.80. The highest BCUT2D eigenvalue weighted by atomic mass is 16.5. The van der Waals surface area contributed by atoms with Crippen LogP contribution < -0.4 is 5.73 Å². The van der Waals surface area contributed by atoms with E-state index in [0.29, 0.717) is 12.5 Å². The lowest BCUT2D eigenvalue weighted by atomic mass is 9.68. The Hall–Kier alpha value is -0.120. The second-order valence-electron chi connectivity index (χ2n) is 5.36. The van der Waals surface area contributed by atoms with Gasteiger partial charge in [0.2, 0.25) is 0 Å². The highest BCUT2D eigenvalue weighted by Crippen LogP contribution is 2.49. The minimum atomic E-state index is -0.832. The van der Waals surface area contributed by atoms with Gasteiger partial charge in [-0.1, -0.05) is 13.3 Å². The minimum Gasteiger partial charge on any atom is -0.387 e. The van der Waals surface area contributed by atoms with Crippen LogP contribution in [0.3, 0.4) is 0 Å². The van der Waals surface area contributed by atoms with Crippen LogP contribution in [0.4, 0.5) is 0 Å². The molecule has 4 unspecified atom stereocenters. The number of hydrogen-bond donors (Lipinski definition) is 2. The van der Waals surface area contributed by atoms with Crippen molar-refractivity contribution in [3.05, 3.63) is 0 Å². The van der Waals surface area contributed by atoms with Crippen LogP contribution >= 0.6 is 0 Å². The van der Waals surface area contributed by atoms with Crippen LogP contribution in [0.5, 0.6) is 0 Å². The van der Waals surface area contributed by atoms with Gasteiger partial charge in [0.05, 0.1) is 11.7 Å². The van der Waals surface area contributed by atoms with E-state index in [1.807, 2.05) is 13.8 Å². The number of nitrogens with two attached hydrogens (primary N) is 1. The van der Waals surface area contributed by atoms with Crippen molar-refractivity contribution in [2.75, 3.05) is 13.7 Å². The predicted molar refractivity (Wildman–Crippen MR) is 61.6 cm³/mol. The number of aliphatic hydroxyl groups is 1. The fourth-order valence-corrected chi connectivity index (χ4v) is 2.91. The maximum atomic E-state index is 10.6. The minimum absolute atomic E-state index is 0.165. The first kappa shape index (κ1) is 12.9. The second-order valence-corrected chi connectivity index (χ2v) is 5.36.